The van der Waals surface area contributed by atoms with Crippen molar-refractivity contribution in [3.8, 4) is 5.75 Å². The van der Waals surface area contributed by atoms with E-state index in [9.17, 15) is 14.4 Å². The summed E-state index contributed by atoms with van der Waals surface area (Å²) in [5.74, 6) is 0.377. The SMILES string of the molecule is COc1ccc(CNC(=O)Cn2c(=O)c(=O)n(Cc3ccccc3)c3ccccc32)cc1. The van der Waals surface area contributed by atoms with Crippen molar-refractivity contribution >= 4 is 16.9 Å². The topological polar surface area (TPSA) is 82.3 Å². The molecule has 4 rings (SSSR count). The number of hydrogen-bond donors (Lipinski definition) is 1. The second-order valence-corrected chi connectivity index (χ2v) is 7.38. The maximum absolute atomic E-state index is 12.9. The molecule has 0 aliphatic heterocycles. The number of ether oxygens (including phenoxy) is 1. The summed E-state index contributed by atoms with van der Waals surface area (Å²) >= 11 is 0. The third kappa shape index (κ3) is 4.46. The molecular weight excluding hydrogens is 406 g/mol. The lowest BCUT2D eigenvalue weighted by Crippen LogP contribution is -2.44. The summed E-state index contributed by atoms with van der Waals surface area (Å²) < 4.78 is 7.82. The Labute approximate surface area is 184 Å². The minimum atomic E-state index is -0.723. The number of amides is 1. The minimum absolute atomic E-state index is 0.239. The van der Waals surface area contributed by atoms with E-state index in [4.69, 9.17) is 4.74 Å². The van der Waals surface area contributed by atoms with E-state index in [1.165, 1.54) is 9.13 Å². The molecule has 1 N–H and O–H groups in total. The van der Waals surface area contributed by atoms with Gasteiger partial charge in [0.2, 0.25) is 5.91 Å². The predicted octanol–water partition coefficient (Wildman–Crippen LogP) is 2.54. The Hall–Kier alpha value is -4.13. The third-order valence-corrected chi connectivity index (χ3v) is 5.27. The first-order chi connectivity index (χ1) is 15.6. The molecule has 0 saturated carbocycles. The van der Waals surface area contributed by atoms with Gasteiger partial charge in [-0.25, -0.2) is 0 Å². The largest absolute Gasteiger partial charge is 0.497 e. The summed E-state index contributed by atoms with van der Waals surface area (Å²) in [6.45, 7) is 0.345. The smallest absolute Gasteiger partial charge is 0.317 e. The molecule has 0 saturated heterocycles. The Morgan fingerprint density at radius 1 is 0.781 bits per heavy atom. The zero-order valence-corrected chi connectivity index (χ0v) is 17.7. The molecule has 1 aromatic heterocycles. The number of carbonyl (C=O) groups is 1. The molecule has 3 aromatic carbocycles. The van der Waals surface area contributed by atoms with Gasteiger partial charge in [0.25, 0.3) is 0 Å². The Balaban J connectivity index is 1.60. The van der Waals surface area contributed by atoms with Gasteiger partial charge in [0.05, 0.1) is 24.7 Å². The fourth-order valence-electron chi connectivity index (χ4n) is 3.59. The van der Waals surface area contributed by atoms with Crippen LogP contribution in [0, 0.1) is 0 Å². The molecule has 0 fully saturated rings. The second kappa shape index (κ2) is 9.34. The number of nitrogens with zero attached hydrogens (tertiary/aromatic N) is 2. The van der Waals surface area contributed by atoms with Crippen LogP contribution in [0.25, 0.3) is 11.0 Å². The molecule has 7 nitrogen and oxygen atoms in total. The van der Waals surface area contributed by atoms with E-state index in [0.29, 0.717) is 17.6 Å². The highest BCUT2D eigenvalue weighted by Crippen LogP contribution is 2.13. The van der Waals surface area contributed by atoms with E-state index in [-0.39, 0.29) is 19.0 Å². The van der Waals surface area contributed by atoms with Crippen molar-refractivity contribution in [2.24, 2.45) is 0 Å². The molecule has 32 heavy (non-hydrogen) atoms. The highest BCUT2D eigenvalue weighted by atomic mass is 16.5. The number of aromatic nitrogens is 2. The number of hydrogen-bond acceptors (Lipinski definition) is 4. The number of carbonyl (C=O) groups excluding carboxylic acids is 1. The molecule has 1 heterocycles. The van der Waals surface area contributed by atoms with Crippen LogP contribution in [-0.2, 0) is 24.4 Å². The lowest BCUT2D eigenvalue weighted by Gasteiger charge is -2.15. The molecule has 0 aliphatic carbocycles. The van der Waals surface area contributed by atoms with Crippen molar-refractivity contribution in [3.05, 3.63) is 111 Å². The molecule has 0 unspecified atom stereocenters. The van der Waals surface area contributed by atoms with E-state index in [0.717, 1.165) is 16.9 Å². The van der Waals surface area contributed by atoms with Gasteiger partial charge in [-0.3, -0.25) is 23.5 Å². The summed E-state index contributed by atoms with van der Waals surface area (Å²) in [5.41, 5.74) is 1.56. The predicted molar refractivity (Wildman–Crippen MR) is 123 cm³/mol. The Morgan fingerprint density at radius 2 is 1.38 bits per heavy atom. The molecular formula is C25H23N3O4. The quantitative estimate of drug-likeness (QED) is 0.458. The van der Waals surface area contributed by atoms with E-state index in [1.807, 2.05) is 60.7 Å². The van der Waals surface area contributed by atoms with Gasteiger partial charge in [-0.05, 0) is 35.4 Å². The molecule has 162 valence electrons. The van der Waals surface area contributed by atoms with Gasteiger partial charge in [-0.2, -0.15) is 0 Å². The van der Waals surface area contributed by atoms with Gasteiger partial charge in [-0.15, -0.1) is 0 Å². The molecule has 0 spiro atoms. The highest BCUT2D eigenvalue weighted by Gasteiger charge is 2.15. The maximum Gasteiger partial charge on any atom is 0.317 e. The van der Waals surface area contributed by atoms with Crippen molar-refractivity contribution in [1.29, 1.82) is 0 Å². The van der Waals surface area contributed by atoms with Crippen molar-refractivity contribution in [2.45, 2.75) is 19.6 Å². The Kier molecular flexibility index (Phi) is 6.17. The number of para-hydroxylation sites is 2. The highest BCUT2D eigenvalue weighted by molar-refractivity contribution is 5.80. The van der Waals surface area contributed by atoms with Crippen LogP contribution in [0.15, 0.2) is 88.5 Å². The van der Waals surface area contributed by atoms with Crippen LogP contribution < -0.4 is 21.2 Å². The number of rotatable bonds is 7. The van der Waals surface area contributed by atoms with E-state index in [2.05, 4.69) is 5.32 Å². The van der Waals surface area contributed by atoms with Crippen LogP contribution in [-0.4, -0.2) is 22.2 Å². The molecule has 0 radical (unpaired) electrons. The molecule has 0 atom stereocenters. The monoisotopic (exact) mass is 429 g/mol. The Bertz CT molecular complexity index is 1360. The summed E-state index contributed by atoms with van der Waals surface area (Å²) in [6.07, 6.45) is 0. The van der Waals surface area contributed by atoms with Gasteiger partial charge < -0.3 is 10.1 Å². The molecule has 0 aliphatic rings. The summed E-state index contributed by atoms with van der Waals surface area (Å²) in [6, 6.07) is 23.9. The lowest BCUT2D eigenvalue weighted by molar-refractivity contribution is -0.121. The van der Waals surface area contributed by atoms with Crippen LogP contribution in [0.1, 0.15) is 11.1 Å². The van der Waals surface area contributed by atoms with Crippen LogP contribution >= 0.6 is 0 Å². The van der Waals surface area contributed by atoms with Crippen LogP contribution in [0.2, 0.25) is 0 Å². The first-order valence-corrected chi connectivity index (χ1v) is 10.2. The summed E-state index contributed by atoms with van der Waals surface area (Å²) in [7, 11) is 1.59. The van der Waals surface area contributed by atoms with Crippen LogP contribution in [0.4, 0.5) is 0 Å². The van der Waals surface area contributed by atoms with Gasteiger partial charge in [0.15, 0.2) is 0 Å². The first-order valence-electron chi connectivity index (χ1n) is 10.2. The van der Waals surface area contributed by atoms with Crippen LogP contribution in [0.3, 0.4) is 0 Å². The third-order valence-electron chi connectivity index (χ3n) is 5.27. The number of benzene rings is 3. The van der Waals surface area contributed by atoms with Crippen molar-refractivity contribution in [2.75, 3.05) is 7.11 Å². The normalized spacial score (nSPS) is 10.8. The van der Waals surface area contributed by atoms with Crippen LogP contribution in [0.5, 0.6) is 5.75 Å². The average molecular weight is 429 g/mol. The molecule has 4 aromatic rings. The lowest BCUT2D eigenvalue weighted by atomic mass is 10.2. The van der Waals surface area contributed by atoms with Gasteiger partial charge in [0, 0.05) is 6.54 Å². The van der Waals surface area contributed by atoms with Gasteiger partial charge in [-0.1, -0.05) is 54.6 Å². The van der Waals surface area contributed by atoms with E-state index in [1.54, 1.807) is 25.3 Å². The number of nitrogens with one attached hydrogen (secondary N) is 1. The summed E-state index contributed by atoms with van der Waals surface area (Å²) in [4.78, 5) is 38.4. The zero-order chi connectivity index (χ0) is 22.5. The fourth-order valence-corrected chi connectivity index (χ4v) is 3.59. The van der Waals surface area contributed by atoms with E-state index < -0.39 is 11.1 Å². The number of fused-ring (bicyclic) bond motifs is 1. The minimum Gasteiger partial charge on any atom is -0.497 e. The Morgan fingerprint density at radius 3 is 2.03 bits per heavy atom. The molecule has 7 heteroatoms. The average Bonchev–Trinajstić information content (AvgIpc) is 2.84. The van der Waals surface area contributed by atoms with Gasteiger partial charge in [0.1, 0.15) is 12.3 Å². The van der Waals surface area contributed by atoms with Crippen molar-refractivity contribution in [3.63, 3.8) is 0 Å². The molecule has 0 bridgehead atoms. The number of methoxy groups -OCH3 is 1. The fraction of sp³-hybridized carbons (Fsp3) is 0.160. The van der Waals surface area contributed by atoms with E-state index >= 15 is 0 Å². The maximum atomic E-state index is 12.9. The summed E-state index contributed by atoms with van der Waals surface area (Å²) in [5, 5.41) is 2.80. The molecule has 1 amide bonds. The first kappa shape index (κ1) is 21.1. The van der Waals surface area contributed by atoms with Gasteiger partial charge >= 0.3 is 11.1 Å². The zero-order valence-electron chi connectivity index (χ0n) is 17.7. The van der Waals surface area contributed by atoms with Crippen molar-refractivity contribution < 1.29 is 9.53 Å². The second-order valence-electron chi connectivity index (χ2n) is 7.38. The van der Waals surface area contributed by atoms with Crippen molar-refractivity contribution in [1.82, 2.24) is 14.5 Å². The standard InChI is InChI=1S/C25H23N3O4/c1-32-20-13-11-18(12-14-20)15-26-23(29)17-28-22-10-6-5-9-21(22)27(24(30)25(28)31)16-19-7-3-2-4-8-19/h2-14H,15-17H2,1H3,(H,26,29).